The molecule has 6 nitrogen and oxygen atoms in total. The Morgan fingerprint density at radius 3 is 2.67 bits per heavy atom. The number of hydrogen-bond acceptors (Lipinski definition) is 4. The second kappa shape index (κ2) is 8.10. The van der Waals surface area contributed by atoms with Crippen LogP contribution in [0.3, 0.4) is 0 Å². The van der Waals surface area contributed by atoms with Gasteiger partial charge in [0.1, 0.15) is 6.04 Å². The van der Waals surface area contributed by atoms with Crippen LogP contribution in [0.15, 0.2) is 36.7 Å². The van der Waals surface area contributed by atoms with Gasteiger partial charge in [0, 0.05) is 38.9 Å². The average molecular weight is 381 g/mol. The number of carbonyl (C=O) groups excluding carboxylic acids is 1. The van der Waals surface area contributed by atoms with Gasteiger partial charge in [0.25, 0.3) is 5.91 Å². The molecule has 1 aromatic carbocycles. The number of amides is 1. The minimum absolute atomic E-state index is 0.222. The lowest BCUT2D eigenvalue weighted by molar-refractivity contribution is -0.183. The molecule has 0 spiro atoms. The number of para-hydroxylation sites is 1. The second-order valence-corrected chi connectivity index (χ2v) is 6.51. The molecule has 1 aliphatic heterocycles. The lowest BCUT2D eigenvalue weighted by Gasteiger charge is -2.35. The van der Waals surface area contributed by atoms with E-state index >= 15 is 0 Å². The lowest BCUT2D eigenvalue weighted by Crippen LogP contribution is -2.57. The van der Waals surface area contributed by atoms with Crippen LogP contribution in [0.4, 0.5) is 13.2 Å². The molecule has 1 amide bonds. The molecule has 0 saturated carbocycles. The summed E-state index contributed by atoms with van der Waals surface area (Å²) in [6, 6.07) is 5.82. The third-order valence-corrected chi connectivity index (χ3v) is 4.63. The first kappa shape index (κ1) is 19.4. The predicted octanol–water partition coefficient (Wildman–Crippen LogP) is 1.75. The number of carbonyl (C=O) groups is 1. The molecule has 9 heteroatoms. The van der Waals surface area contributed by atoms with Gasteiger partial charge >= 0.3 is 6.18 Å². The number of hydrogen-bond donors (Lipinski definition) is 2. The Bertz CT molecular complexity index is 783. The van der Waals surface area contributed by atoms with E-state index in [0.29, 0.717) is 26.2 Å². The largest absolute Gasteiger partial charge is 0.405 e. The molecule has 0 bridgehead atoms. The summed E-state index contributed by atoms with van der Waals surface area (Å²) >= 11 is 0. The maximum Gasteiger partial charge on any atom is 0.405 e. The van der Waals surface area contributed by atoms with Crippen molar-refractivity contribution in [1.82, 2.24) is 25.3 Å². The van der Waals surface area contributed by atoms with E-state index in [-0.39, 0.29) is 5.56 Å². The summed E-state index contributed by atoms with van der Waals surface area (Å²) in [7, 11) is 0. The number of nitrogens with one attached hydrogen (secondary N) is 2. The zero-order valence-corrected chi connectivity index (χ0v) is 15.0. The topological polar surface area (TPSA) is 62.2 Å². The van der Waals surface area contributed by atoms with Crippen molar-refractivity contribution in [2.24, 2.45) is 0 Å². The van der Waals surface area contributed by atoms with Gasteiger partial charge in [-0.15, -0.1) is 0 Å². The highest BCUT2D eigenvalue weighted by Gasteiger charge is 2.43. The molecule has 1 fully saturated rings. The van der Waals surface area contributed by atoms with Gasteiger partial charge in [0.15, 0.2) is 0 Å². The van der Waals surface area contributed by atoms with Crippen LogP contribution in [0.2, 0.25) is 0 Å². The maximum atomic E-state index is 13.4. The van der Waals surface area contributed by atoms with Crippen LogP contribution in [-0.2, 0) is 0 Å². The van der Waals surface area contributed by atoms with E-state index in [0.717, 1.165) is 11.3 Å². The number of nitrogens with zero attached hydrogens (tertiary/aromatic N) is 3. The van der Waals surface area contributed by atoms with Crippen molar-refractivity contribution in [2.75, 3.05) is 32.7 Å². The minimum atomic E-state index is -4.41. The number of rotatable bonds is 5. The van der Waals surface area contributed by atoms with Crippen molar-refractivity contribution in [1.29, 1.82) is 0 Å². The summed E-state index contributed by atoms with van der Waals surface area (Å²) in [5, 5.41) is 9.58. The molecule has 2 aromatic rings. The molecule has 0 radical (unpaired) electrons. The van der Waals surface area contributed by atoms with Gasteiger partial charge in [-0.25, -0.2) is 4.68 Å². The molecule has 1 unspecified atom stereocenters. The summed E-state index contributed by atoms with van der Waals surface area (Å²) in [5.74, 6) is -0.570. The Balaban J connectivity index is 1.67. The first-order chi connectivity index (χ1) is 12.9. The van der Waals surface area contributed by atoms with E-state index in [9.17, 15) is 18.0 Å². The summed E-state index contributed by atoms with van der Waals surface area (Å²) < 4.78 is 41.7. The third-order valence-electron chi connectivity index (χ3n) is 4.63. The number of aryl methyl sites for hydroxylation is 1. The molecule has 1 aliphatic rings. The molecule has 2 N–H and O–H groups in total. The summed E-state index contributed by atoms with van der Waals surface area (Å²) in [6.45, 7) is 3.03. The fourth-order valence-corrected chi connectivity index (χ4v) is 3.13. The molecule has 2 heterocycles. The van der Waals surface area contributed by atoms with Crippen molar-refractivity contribution in [3.63, 3.8) is 0 Å². The van der Waals surface area contributed by atoms with Crippen LogP contribution in [0.25, 0.3) is 5.69 Å². The van der Waals surface area contributed by atoms with Crippen LogP contribution in [-0.4, -0.2) is 65.5 Å². The normalized spacial score (nSPS) is 16.9. The highest BCUT2D eigenvalue weighted by atomic mass is 19.4. The highest BCUT2D eigenvalue weighted by molar-refractivity contribution is 5.93. The van der Waals surface area contributed by atoms with Crippen molar-refractivity contribution in [2.45, 2.75) is 19.1 Å². The summed E-state index contributed by atoms with van der Waals surface area (Å²) in [6.07, 6.45) is -1.53. The molecule has 3 rings (SSSR count). The Labute approximate surface area is 155 Å². The first-order valence-corrected chi connectivity index (χ1v) is 8.76. The standard InChI is InChI=1S/C18H22F3N5O/c1-13-4-2-3-5-15(13)26-12-14(10-24-26)17(27)23-11-16(18(19,20)21)25-8-6-22-7-9-25/h2-5,10,12,16,22H,6-9,11H2,1H3,(H,23,27). The van der Waals surface area contributed by atoms with E-state index in [1.54, 1.807) is 4.68 Å². The van der Waals surface area contributed by atoms with Crippen LogP contribution in [0.1, 0.15) is 15.9 Å². The number of benzene rings is 1. The number of piperazine rings is 1. The fourth-order valence-electron chi connectivity index (χ4n) is 3.13. The van der Waals surface area contributed by atoms with Gasteiger partial charge in [0.05, 0.1) is 17.4 Å². The van der Waals surface area contributed by atoms with Crippen molar-refractivity contribution < 1.29 is 18.0 Å². The van der Waals surface area contributed by atoms with Gasteiger partial charge in [-0.1, -0.05) is 18.2 Å². The van der Waals surface area contributed by atoms with E-state index in [1.165, 1.54) is 17.3 Å². The Morgan fingerprint density at radius 2 is 2.00 bits per heavy atom. The van der Waals surface area contributed by atoms with E-state index in [4.69, 9.17) is 0 Å². The quantitative estimate of drug-likeness (QED) is 0.829. The van der Waals surface area contributed by atoms with Gasteiger partial charge in [-0.3, -0.25) is 9.69 Å². The van der Waals surface area contributed by atoms with Crippen molar-refractivity contribution >= 4 is 5.91 Å². The molecular weight excluding hydrogens is 359 g/mol. The fraction of sp³-hybridized carbons (Fsp3) is 0.444. The molecule has 1 atom stereocenters. The molecule has 0 aliphatic carbocycles. The number of aromatic nitrogens is 2. The molecule has 1 aromatic heterocycles. The average Bonchev–Trinajstić information content (AvgIpc) is 3.12. The Morgan fingerprint density at radius 1 is 1.30 bits per heavy atom. The molecular formula is C18H22F3N5O. The number of alkyl halides is 3. The summed E-state index contributed by atoms with van der Waals surface area (Å²) in [5.41, 5.74) is 2.01. The van der Waals surface area contributed by atoms with E-state index in [1.807, 2.05) is 31.2 Å². The second-order valence-electron chi connectivity index (χ2n) is 6.51. The van der Waals surface area contributed by atoms with Crippen LogP contribution < -0.4 is 10.6 Å². The van der Waals surface area contributed by atoms with Crippen LogP contribution >= 0.6 is 0 Å². The Kier molecular flexibility index (Phi) is 5.81. The maximum absolute atomic E-state index is 13.4. The zero-order valence-electron chi connectivity index (χ0n) is 15.0. The first-order valence-electron chi connectivity index (χ1n) is 8.76. The van der Waals surface area contributed by atoms with Crippen molar-refractivity contribution in [3.8, 4) is 5.69 Å². The molecule has 1 saturated heterocycles. The van der Waals surface area contributed by atoms with E-state index < -0.39 is 24.7 Å². The SMILES string of the molecule is Cc1ccccc1-n1cc(C(=O)NCC(N2CCNCC2)C(F)(F)F)cn1. The lowest BCUT2D eigenvalue weighted by atomic mass is 10.2. The predicted molar refractivity (Wildman–Crippen MR) is 94.9 cm³/mol. The third kappa shape index (κ3) is 4.67. The highest BCUT2D eigenvalue weighted by Crippen LogP contribution is 2.25. The molecule has 146 valence electrons. The number of halogens is 3. The minimum Gasteiger partial charge on any atom is -0.350 e. The summed E-state index contributed by atoms with van der Waals surface area (Å²) in [4.78, 5) is 13.7. The smallest absolute Gasteiger partial charge is 0.350 e. The van der Waals surface area contributed by atoms with Crippen LogP contribution in [0.5, 0.6) is 0 Å². The van der Waals surface area contributed by atoms with Gasteiger partial charge in [-0.05, 0) is 18.6 Å². The van der Waals surface area contributed by atoms with Gasteiger partial charge < -0.3 is 10.6 Å². The van der Waals surface area contributed by atoms with Gasteiger partial charge in [0.2, 0.25) is 0 Å². The van der Waals surface area contributed by atoms with Crippen molar-refractivity contribution in [3.05, 3.63) is 47.8 Å². The monoisotopic (exact) mass is 381 g/mol. The Hall–Kier alpha value is -2.39. The van der Waals surface area contributed by atoms with E-state index in [2.05, 4.69) is 15.7 Å². The van der Waals surface area contributed by atoms with Gasteiger partial charge in [-0.2, -0.15) is 18.3 Å². The zero-order chi connectivity index (χ0) is 19.4. The van der Waals surface area contributed by atoms with Crippen LogP contribution in [0, 0.1) is 6.92 Å². The molecule has 27 heavy (non-hydrogen) atoms.